The number of hydrogen-bond acceptors (Lipinski definition) is 5. The van der Waals surface area contributed by atoms with E-state index in [9.17, 15) is 9.59 Å². The number of H-pyrrole nitrogens is 1. The highest BCUT2D eigenvalue weighted by Crippen LogP contribution is 2.12. The van der Waals surface area contributed by atoms with Crippen LogP contribution in [0.15, 0.2) is 9.59 Å². The number of nitrogens with one attached hydrogen (secondary N) is 2. The highest BCUT2D eigenvalue weighted by molar-refractivity contribution is 5.60. The van der Waals surface area contributed by atoms with Crippen LogP contribution in [0.25, 0.3) is 0 Å². The lowest BCUT2D eigenvalue weighted by Gasteiger charge is -2.15. The van der Waals surface area contributed by atoms with Gasteiger partial charge in [0.2, 0.25) is 0 Å². The van der Waals surface area contributed by atoms with Gasteiger partial charge in [-0.15, -0.1) is 0 Å². The SMILES string of the molecule is CC(C)Cn1c(N)c(NCCCCCCO)c(=O)[nH]c1=O. The van der Waals surface area contributed by atoms with Gasteiger partial charge in [0.1, 0.15) is 11.5 Å². The zero-order valence-corrected chi connectivity index (χ0v) is 12.8. The number of aliphatic hydroxyl groups is 1. The summed E-state index contributed by atoms with van der Waals surface area (Å²) < 4.78 is 1.39. The fourth-order valence-corrected chi connectivity index (χ4v) is 2.11. The second-order valence-electron chi connectivity index (χ2n) is 5.59. The van der Waals surface area contributed by atoms with Crippen molar-refractivity contribution in [3.8, 4) is 0 Å². The van der Waals surface area contributed by atoms with Crippen molar-refractivity contribution in [1.29, 1.82) is 0 Å². The van der Waals surface area contributed by atoms with Crippen LogP contribution in [0.5, 0.6) is 0 Å². The van der Waals surface area contributed by atoms with Crippen LogP contribution < -0.4 is 22.3 Å². The number of aliphatic hydroxyl groups excluding tert-OH is 1. The molecule has 0 radical (unpaired) electrons. The molecule has 0 aromatic carbocycles. The minimum Gasteiger partial charge on any atom is -0.396 e. The molecule has 0 aliphatic rings. The van der Waals surface area contributed by atoms with Crippen LogP contribution in [0.3, 0.4) is 0 Å². The second kappa shape index (κ2) is 8.51. The van der Waals surface area contributed by atoms with E-state index in [2.05, 4.69) is 10.3 Å². The number of nitrogens with two attached hydrogens (primary N) is 1. The average Bonchev–Trinajstić information content (AvgIpc) is 2.41. The number of nitrogen functional groups attached to an aromatic ring is 1. The van der Waals surface area contributed by atoms with Crippen LogP contribution in [-0.2, 0) is 6.54 Å². The zero-order chi connectivity index (χ0) is 15.8. The van der Waals surface area contributed by atoms with E-state index in [-0.39, 0.29) is 24.0 Å². The maximum atomic E-state index is 11.8. The molecule has 1 rings (SSSR count). The van der Waals surface area contributed by atoms with Gasteiger partial charge >= 0.3 is 5.69 Å². The van der Waals surface area contributed by atoms with E-state index in [1.807, 2.05) is 13.8 Å². The number of rotatable bonds is 9. The first kappa shape index (κ1) is 17.3. The Morgan fingerprint density at radius 3 is 2.52 bits per heavy atom. The minimum atomic E-state index is -0.479. The Labute approximate surface area is 124 Å². The van der Waals surface area contributed by atoms with Crippen molar-refractivity contribution >= 4 is 11.5 Å². The molecule has 0 saturated heterocycles. The van der Waals surface area contributed by atoms with Crippen LogP contribution in [0, 0.1) is 5.92 Å². The first-order valence-electron chi connectivity index (χ1n) is 7.44. The summed E-state index contributed by atoms with van der Waals surface area (Å²) in [6.07, 6.45) is 3.60. The van der Waals surface area contributed by atoms with Gasteiger partial charge in [-0.1, -0.05) is 26.7 Å². The molecule has 0 bridgehead atoms. The number of anilines is 2. The van der Waals surface area contributed by atoms with Gasteiger partial charge in [0.15, 0.2) is 0 Å². The minimum absolute atomic E-state index is 0.188. The molecular formula is C14H26N4O3. The molecule has 5 N–H and O–H groups in total. The third-order valence-corrected chi connectivity index (χ3v) is 3.17. The van der Waals surface area contributed by atoms with E-state index >= 15 is 0 Å². The number of aromatic nitrogens is 2. The van der Waals surface area contributed by atoms with Gasteiger partial charge in [0, 0.05) is 19.7 Å². The highest BCUT2D eigenvalue weighted by atomic mass is 16.3. The monoisotopic (exact) mass is 298 g/mol. The van der Waals surface area contributed by atoms with Gasteiger partial charge in [0.05, 0.1) is 0 Å². The van der Waals surface area contributed by atoms with Crippen molar-refractivity contribution < 1.29 is 5.11 Å². The Balaban J connectivity index is 2.73. The number of aromatic amines is 1. The summed E-state index contributed by atoms with van der Waals surface area (Å²) in [5, 5.41) is 11.7. The summed E-state index contributed by atoms with van der Waals surface area (Å²) in [6, 6.07) is 0. The summed E-state index contributed by atoms with van der Waals surface area (Å²) >= 11 is 0. The molecule has 0 saturated carbocycles. The lowest BCUT2D eigenvalue weighted by Crippen LogP contribution is -2.35. The van der Waals surface area contributed by atoms with Crippen molar-refractivity contribution in [2.45, 2.75) is 46.1 Å². The van der Waals surface area contributed by atoms with Crippen molar-refractivity contribution in [3.63, 3.8) is 0 Å². The third kappa shape index (κ3) is 5.26. The highest BCUT2D eigenvalue weighted by Gasteiger charge is 2.12. The predicted octanol–water partition coefficient (Wildman–Crippen LogP) is 0.739. The van der Waals surface area contributed by atoms with E-state index in [0.717, 1.165) is 25.7 Å². The lowest BCUT2D eigenvalue weighted by atomic mass is 10.2. The quantitative estimate of drug-likeness (QED) is 0.502. The van der Waals surface area contributed by atoms with E-state index in [1.54, 1.807) is 0 Å². The molecule has 0 amide bonds. The van der Waals surface area contributed by atoms with Crippen LogP contribution in [-0.4, -0.2) is 27.8 Å². The number of hydrogen-bond donors (Lipinski definition) is 4. The molecule has 0 fully saturated rings. The maximum absolute atomic E-state index is 11.8. The van der Waals surface area contributed by atoms with Crippen molar-refractivity contribution in [2.75, 3.05) is 24.2 Å². The summed E-state index contributed by atoms with van der Waals surface area (Å²) in [6.45, 7) is 5.24. The molecule has 21 heavy (non-hydrogen) atoms. The first-order valence-corrected chi connectivity index (χ1v) is 7.44. The topological polar surface area (TPSA) is 113 Å². The standard InChI is InChI=1S/C14H26N4O3/c1-10(2)9-18-12(15)11(13(20)17-14(18)21)16-7-5-3-4-6-8-19/h10,16,19H,3-9,15H2,1-2H3,(H,17,20,21). The van der Waals surface area contributed by atoms with Gasteiger partial charge in [-0.2, -0.15) is 0 Å². The Hall–Kier alpha value is -1.76. The summed E-state index contributed by atoms with van der Waals surface area (Å²) in [7, 11) is 0. The predicted molar refractivity (Wildman–Crippen MR) is 84.6 cm³/mol. The van der Waals surface area contributed by atoms with Crippen LogP contribution >= 0.6 is 0 Å². The molecule has 1 aromatic rings. The fourth-order valence-electron chi connectivity index (χ4n) is 2.11. The maximum Gasteiger partial charge on any atom is 0.330 e. The summed E-state index contributed by atoms with van der Waals surface area (Å²) in [4.78, 5) is 25.9. The third-order valence-electron chi connectivity index (χ3n) is 3.17. The Kier molecular flexibility index (Phi) is 7.01. The molecule has 0 spiro atoms. The van der Waals surface area contributed by atoms with E-state index in [0.29, 0.717) is 13.1 Å². The first-order chi connectivity index (χ1) is 9.97. The van der Waals surface area contributed by atoms with Crippen LogP contribution in [0.2, 0.25) is 0 Å². The van der Waals surface area contributed by atoms with Crippen molar-refractivity contribution in [3.05, 3.63) is 20.8 Å². The smallest absolute Gasteiger partial charge is 0.330 e. The Morgan fingerprint density at radius 2 is 1.90 bits per heavy atom. The Morgan fingerprint density at radius 1 is 1.24 bits per heavy atom. The van der Waals surface area contributed by atoms with Crippen LogP contribution in [0.1, 0.15) is 39.5 Å². The van der Waals surface area contributed by atoms with Gasteiger partial charge in [-0.05, 0) is 18.8 Å². The molecule has 120 valence electrons. The Bertz CT molecular complexity index is 548. The normalized spacial score (nSPS) is 11.0. The van der Waals surface area contributed by atoms with E-state index < -0.39 is 11.2 Å². The van der Waals surface area contributed by atoms with Gasteiger partial charge in [0.25, 0.3) is 5.56 Å². The molecule has 7 nitrogen and oxygen atoms in total. The van der Waals surface area contributed by atoms with Gasteiger partial charge in [-0.25, -0.2) is 4.79 Å². The molecule has 0 aliphatic carbocycles. The van der Waals surface area contributed by atoms with E-state index in [1.165, 1.54) is 4.57 Å². The number of unbranched alkanes of at least 4 members (excludes halogenated alkanes) is 3. The second-order valence-corrected chi connectivity index (χ2v) is 5.59. The average molecular weight is 298 g/mol. The molecule has 0 unspecified atom stereocenters. The van der Waals surface area contributed by atoms with Gasteiger partial charge in [-0.3, -0.25) is 14.3 Å². The zero-order valence-electron chi connectivity index (χ0n) is 12.8. The molecule has 0 aliphatic heterocycles. The largest absolute Gasteiger partial charge is 0.396 e. The fraction of sp³-hybridized carbons (Fsp3) is 0.714. The molecular weight excluding hydrogens is 272 g/mol. The van der Waals surface area contributed by atoms with E-state index in [4.69, 9.17) is 10.8 Å². The molecule has 7 heteroatoms. The van der Waals surface area contributed by atoms with Crippen molar-refractivity contribution in [1.82, 2.24) is 9.55 Å². The molecule has 1 aromatic heterocycles. The molecule has 0 atom stereocenters. The lowest BCUT2D eigenvalue weighted by molar-refractivity contribution is 0.283. The van der Waals surface area contributed by atoms with Gasteiger partial charge < -0.3 is 16.2 Å². The van der Waals surface area contributed by atoms with Crippen molar-refractivity contribution in [2.24, 2.45) is 5.92 Å². The summed E-state index contributed by atoms with van der Waals surface area (Å²) in [5.41, 5.74) is 5.25. The molecule has 1 heterocycles. The van der Waals surface area contributed by atoms with Crippen LogP contribution in [0.4, 0.5) is 11.5 Å². The number of nitrogens with zero attached hydrogens (tertiary/aromatic N) is 1. The summed E-state index contributed by atoms with van der Waals surface area (Å²) in [5.74, 6) is 0.440.